The van der Waals surface area contributed by atoms with Gasteiger partial charge >= 0.3 is 0 Å². The Kier molecular flexibility index (Phi) is 7.12. The number of hydrogen-bond acceptors (Lipinski definition) is 8. The summed E-state index contributed by atoms with van der Waals surface area (Å²) >= 11 is 0. The van der Waals surface area contributed by atoms with Crippen LogP contribution in [0.5, 0.6) is 5.75 Å². The molecule has 4 atom stereocenters. The maximum Gasteiger partial charge on any atom is 0.264 e. The lowest BCUT2D eigenvalue weighted by Crippen LogP contribution is -2.49. The number of aliphatic hydroxyl groups is 3. The van der Waals surface area contributed by atoms with Crippen LogP contribution in [0.3, 0.4) is 0 Å². The van der Waals surface area contributed by atoms with Crippen molar-refractivity contribution in [2.45, 2.75) is 29.3 Å². The van der Waals surface area contributed by atoms with Crippen molar-refractivity contribution in [1.82, 2.24) is 14.5 Å². The molecule has 4 N–H and O–H groups in total. The lowest BCUT2D eigenvalue weighted by molar-refractivity contribution is -0.206. The van der Waals surface area contributed by atoms with Crippen LogP contribution in [-0.4, -0.2) is 61.1 Å². The molecular formula is C33H29FN4O5. The Bertz CT molecular complexity index is 1740. The number of aliphatic hydroxyl groups excluding tert-OH is 2. The highest BCUT2D eigenvalue weighted by molar-refractivity contribution is 5.88. The number of benzene rings is 3. The van der Waals surface area contributed by atoms with Gasteiger partial charge in [0.2, 0.25) is 5.60 Å². The van der Waals surface area contributed by atoms with E-state index in [0.29, 0.717) is 17.0 Å². The molecule has 0 radical (unpaired) electrons. The first-order chi connectivity index (χ1) is 20.8. The van der Waals surface area contributed by atoms with Crippen LogP contribution in [0.1, 0.15) is 22.9 Å². The monoisotopic (exact) mass is 580 g/mol. The van der Waals surface area contributed by atoms with Gasteiger partial charge in [0, 0.05) is 6.20 Å². The quantitative estimate of drug-likeness (QED) is 0.162. The van der Waals surface area contributed by atoms with Gasteiger partial charge in [-0.3, -0.25) is 0 Å². The van der Waals surface area contributed by atoms with Gasteiger partial charge in [-0.05, 0) is 34.9 Å². The first-order valence-corrected chi connectivity index (χ1v) is 13.5. The number of terminal acetylenes is 1. The topological polar surface area (TPSA) is 122 Å². The minimum Gasteiger partial charge on any atom is -0.497 e. The van der Waals surface area contributed by atoms with Crippen LogP contribution in [0.4, 0.5) is 10.2 Å². The molecule has 1 aliphatic rings. The fourth-order valence-electron chi connectivity index (χ4n) is 5.72. The van der Waals surface area contributed by atoms with Crippen LogP contribution in [0.2, 0.25) is 0 Å². The van der Waals surface area contributed by atoms with Gasteiger partial charge in [0.15, 0.2) is 12.3 Å². The summed E-state index contributed by atoms with van der Waals surface area (Å²) in [6.07, 6.45) is 4.57. The molecule has 0 spiro atoms. The largest absolute Gasteiger partial charge is 0.497 e. The lowest BCUT2D eigenvalue weighted by atomic mass is 9.77. The predicted octanol–water partition coefficient (Wildman–Crippen LogP) is 3.76. The summed E-state index contributed by atoms with van der Waals surface area (Å²) in [5, 5.41) is 35.4. The zero-order valence-corrected chi connectivity index (χ0v) is 23.1. The Balaban J connectivity index is 1.54. The molecule has 6 rings (SSSR count). The van der Waals surface area contributed by atoms with Crippen LogP contribution < -0.4 is 10.1 Å². The van der Waals surface area contributed by atoms with E-state index in [1.54, 1.807) is 13.2 Å². The van der Waals surface area contributed by atoms with Crippen LogP contribution >= 0.6 is 0 Å². The summed E-state index contributed by atoms with van der Waals surface area (Å²) in [5.74, 6) is 0.184. The molecule has 10 heteroatoms. The van der Waals surface area contributed by atoms with Gasteiger partial charge in [0.25, 0.3) is 5.85 Å². The van der Waals surface area contributed by atoms with E-state index in [1.807, 2.05) is 90.8 Å². The van der Waals surface area contributed by atoms with Crippen LogP contribution in [0.15, 0.2) is 104 Å². The number of anilines is 1. The predicted molar refractivity (Wildman–Crippen MR) is 158 cm³/mol. The first kappa shape index (κ1) is 28.3. The summed E-state index contributed by atoms with van der Waals surface area (Å²) in [6, 6.07) is 29.2. The Morgan fingerprint density at radius 2 is 1.60 bits per heavy atom. The Morgan fingerprint density at radius 1 is 1.00 bits per heavy atom. The average molecular weight is 581 g/mol. The highest BCUT2D eigenvalue weighted by Crippen LogP contribution is 2.47. The van der Waals surface area contributed by atoms with E-state index in [2.05, 4.69) is 15.3 Å². The molecule has 43 heavy (non-hydrogen) atoms. The molecule has 1 saturated heterocycles. The Morgan fingerprint density at radius 3 is 2.16 bits per heavy atom. The molecule has 5 aromatic rings. The summed E-state index contributed by atoms with van der Waals surface area (Å²) in [5.41, 5.74) is -0.467. The van der Waals surface area contributed by atoms with E-state index in [4.69, 9.17) is 15.9 Å². The van der Waals surface area contributed by atoms with Gasteiger partial charge in [-0.25, -0.2) is 14.4 Å². The first-order valence-electron chi connectivity index (χ1n) is 13.5. The van der Waals surface area contributed by atoms with Crippen LogP contribution in [-0.2, 0) is 10.3 Å². The van der Waals surface area contributed by atoms with E-state index < -0.39 is 35.9 Å². The third-order valence-electron chi connectivity index (χ3n) is 7.96. The average Bonchev–Trinajstić information content (AvgIpc) is 3.58. The normalized spacial score (nSPS) is 23.6. The van der Waals surface area contributed by atoms with Crippen LogP contribution in [0, 0.1) is 12.3 Å². The molecule has 3 aromatic carbocycles. The minimum atomic E-state index is -2.99. The molecule has 3 heterocycles. The molecule has 1 aliphatic heterocycles. The van der Waals surface area contributed by atoms with Crippen molar-refractivity contribution in [3.8, 4) is 18.1 Å². The summed E-state index contributed by atoms with van der Waals surface area (Å²) in [6.45, 7) is -1.21. The van der Waals surface area contributed by atoms with Crippen LogP contribution in [0.25, 0.3) is 11.0 Å². The summed E-state index contributed by atoms with van der Waals surface area (Å²) < 4.78 is 27.3. The molecule has 1 fully saturated rings. The molecule has 0 unspecified atom stereocenters. The highest BCUT2D eigenvalue weighted by Gasteiger charge is 2.64. The second-order valence-electron chi connectivity index (χ2n) is 10.3. The Hall–Kier alpha value is -4.79. The maximum atomic E-state index is 15.2. The number of methoxy groups -OCH3 is 1. The van der Waals surface area contributed by atoms with Gasteiger partial charge in [0.05, 0.1) is 12.5 Å². The summed E-state index contributed by atoms with van der Waals surface area (Å²) in [4.78, 5) is 8.98. The molecule has 0 bridgehead atoms. The van der Waals surface area contributed by atoms with Gasteiger partial charge in [0.1, 0.15) is 35.7 Å². The highest BCUT2D eigenvalue weighted by atomic mass is 19.2. The van der Waals surface area contributed by atoms with E-state index in [-0.39, 0.29) is 5.65 Å². The molecule has 2 aromatic heterocycles. The molecular weight excluding hydrogens is 551 g/mol. The van der Waals surface area contributed by atoms with E-state index >= 15 is 4.39 Å². The van der Waals surface area contributed by atoms with Crippen molar-refractivity contribution in [3.63, 3.8) is 0 Å². The molecule has 0 saturated carbocycles. The van der Waals surface area contributed by atoms with E-state index in [0.717, 1.165) is 16.7 Å². The molecule has 0 aliphatic carbocycles. The fourth-order valence-corrected chi connectivity index (χ4v) is 5.72. The zero-order chi connectivity index (χ0) is 30.2. The number of alkyl halides is 1. The SMILES string of the molecule is C#C[C@]1(O)[C@H](n2ccc3c(NC(c4ccccc4)(c4ccccc4)c4ccc(OC)cc4)ncnc32)O[C@](F)(CO)[C@H]1O. The minimum absolute atomic E-state index is 0.246. The number of nitrogens with zero attached hydrogens (tertiary/aromatic N) is 3. The van der Waals surface area contributed by atoms with Crippen molar-refractivity contribution < 1.29 is 29.2 Å². The van der Waals surface area contributed by atoms with E-state index in [9.17, 15) is 15.3 Å². The van der Waals surface area contributed by atoms with Gasteiger partial charge in [-0.1, -0.05) is 78.7 Å². The third kappa shape index (κ3) is 4.42. The Labute approximate surface area is 247 Å². The number of aromatic nitrogens is 3. The van der Waals surface area contributed by atoms with Gasteiger partial charge in [-0.2, -0.15) is 0 Å². The second kappa shape index (κ2) is 10.8. The maximum absolute atomic E-state index is 15.2. The van der Waals surface area contributed by atoms with Crippen molar-refractivity contribution in [2.75, 3.05) is 19.0 Å². The molecule has 9 nitrogen and oxygen atoms in total. The number of hydrogen-bond donors (Lipinski definition) is 4. The van der Waals surface area contributed by atoms with Crippen molar-refractivity contribution in [1.29, 1.82) is 0 Å². The van der Waals surface area contributed by atoms with E-state index in [1.165, 1.54) is 17.1 Å². The summed E-state index contributed by atoms with van der Waals surface area (Å²) in [7, 11) is 1.61. The molecule has 0 amide bonds. The zero-order valence-electron chi connectivity index (χ0n) is 23.1. The smallest absolute Gasteiger partial charge is 0.264 e. The third-order valence-corrected chi connectivity index (χ3v) is 7.96. The van der Waals surface area contributed by atoms with Crippen molar-refractivity contribution in [2.24, 2.45) is 0 Å². The lowest BCUT2D eigenvalue weighted by Gasteiger charge is -2.37. The fraction of sp³-hybridized carbons (Fsp3) is 0.212. The molecule has 218 valence electrons. The van der Waals surface area contributed by atoms with Gasteiger partial charge in [-0.15, -0.1) is 6.42 Å². The van der Waals surface area contributed by atoms with Gasteiger partial charge < -0.3 is 34.7 Å². The second-order valence-corrected chi connectivity index (χ2v) is 10.3. The number of nitrogens with one attached hydrogen (secondary N) is 1. The standard InChI is InChI=1S/C33H29FN4O5/c1-3-31(41)29(40)32(34,20-39)43-30(31)38-19-18-26-27(35-21-36-28(26)38)37-33(22-10-6-4-7-11-22,23-12-8-5-9-13-23)24-14-16-25(42-2)17-15-24/h1,4-19,21,29-30,39-41H,20H2,2H3,(H,35,36,37)/t29-,30+,31+,32+/m0/s1. The number of halogens is 1. The van der Waals surface area contributed by atoms with Crippen molar-refractivity contribution in [3.05, 3.63) is 120 Å². The number of fused-ring (bicyclic) bond motifs is 1. The number of rotatable bonds is 8. The van der Waals surface area contributed by atoms with Crippen molar-refractivity contribution >= 4 is 16.9 Å². The number of ether oxygens (including phenoxy) is 2.